The lowest BCUT2D eigenvalue weighted by atomic mass is 10.1. The van der Waals surface area contributed by atoms with Crippen molar-refractivity contribution < 1.29 is 19.5 Å². The zero-order chi connectivity index (χ0) is 15.7. The Morgan fingerprint density at radius 2 is 1.85 bits per heavy atom. The van der Waals surface area contributed by atoms with E-state index in [9.17, 15) is 14.4 Å². The van der Waals surface area contributed by atoms with Crippen LogP contribution in [0.4, 0.5) is 4.79 Å². The molecule has 0 aromatic carbocycles. The number of amides is 3. The third-order valence-electron chi connectivity index (χ3n) is 3.03. The number of carboxylic acid groups (broad SMARTS) is 1. The molecule has 7 heteroatoms. The maximum Gasteiger partial charge on any atom is 0.315 e. The van der Waals surface area contributed by atoms with Gasteiger partial charge in [-0.25, -0.2) is 4.79 Å². The van der Waals surface area contributed by atoms with E-state index in [0.29, 0.717) is 19.5 Å². The molecule has 2 atom stereocenters. The third kappa shape index (κ3) is 7.60. The molecule has 0 aromatic rings. The predicted octanol–water partition coefficient (Wildman–Crippen LogP) is 0.653. The second-order valence-corrected chi connectivity index (χ2v) is 4.97. The lowest BCUT2D eigenvalue weighted by Gasteiger charge is -2.21. The summed E-state index contributed by atoms with van der Waals surface area (Å²) in [6.07, 6.45) is 0.587. The van der Waals surface area contributed by atoms with Crippen LogP contribution < -0.4 is 10.6 Å². The highest BCUT2D eigenvalue weighted by molar-refractivity contribution is 5.86. The van der Waals surface area contributed by atoms with E-state index in [2.05, 4.69) is 10.6 Å². The van der Waals surface area contributed by atoms with Crippen molar-refractivity contribution in [3.63, 3.8) is 0 Å². The molecule has 7 nitrogen and oxygen atoms in total. The normalized spacial score (nSPS) is 13.2. The van der Waals surface area contributed by atoms with Crippen molar-refractivity contribution in [3.8, 4) is 0 Å². The fraction of sp³-hybridized carbons (Fsp3) is 0.769. The van der Waals surface area contributed by atoms with Gasteiger partial charge < -0.3 is 20.6 Å². The highest BCUT2D eigenvalue weighted by atomic mass is 16.4. The van der Waals surface area contributed by atoms with Gasteiger partial charge in [0.25, 0.3) is 0 Å². The number of carbonyl (C=O) groups is 3. The second-order valence-electron chi connectivity index (χ2n) is 4.97. The summed E-state index contributed by atoms with van der Waals surface area (Å²) in [6, 6.07) is -1.01. The van der Waals surface area contributed by atoms with Crippen LogP contribution in [0.15, 0.2) is 0 Å². The summed E-state index contributed by atoms with van der Waals surface area (Å²) >= 11 is 0. The smallest absolute Gasteiger partial charge is 0.315 e. The summed E-state index contributed by atoms with van der Waals surface area (Å²) in [6.45, 7) is 6.31. The van der Waals surface area contributed by atoms with Crippen molar-refractivity contribution in [3.05, 3.63) is 0 Å². The molecule has 0 radical (unpaired) electrons. The number of hydrogen-bond acceptors (Lipinski definition) is 3. The molecule has 0 aliphatic carbocycles. The van der Waals surface area contributed by atoms with Gasteiger partial charge in [-0.1, -0.05) is 6.92 Å². The van der Waals surface area contributed by atoms with Crippen LogP contribution in [-0.4, -0.2) is 54.1 Å². The number of nitrogens with one attached hydrogen (secondary N) is 2. The maximum absolute atomic E-state index is 11.7. The highest BCUT2D eigenvalue weighted by Crippen LogP contribution is 2.03. The first-order valence-electron chi connectivity index (χ1n) is 6.79. The van der Waals surface area contributed by atoms with Crippen molar-refractivity contribution in [1.29, 1.82) is 0 Å². The van der Waals surface area contributed by atoms with Gasteiger partial charge in [-0.2, -0.15) is 0 Å². The maximum atomic E-state index is 11.7. The summed E-state index contributed by atoms with van der Waals surface area (Å²) in [7, 11) is 1.67. The van der Waals surface area contributed by atoms with E-state index in [1.807, 2.05) is 13.8 Å². The molecule has 0 rings (SSSR count). The zero-order valence-electron chi connectivity index (χ0n) is 12.6. The zero-order valence-corrected chi connectivity index (χ0v) is 12.6. The fourth-order valence-corrected chi connectivity index (χ4v) is 1.53. The van der Waals surface area contributed by atoms with Crippen LogP contribution >= 0.6 is 0 Å². The summed E-state index contributed by atoms with van der Waals surface area (Å²) in [5.41, 5.74) is 0. The lowest BCUT2D eigenvalue weighted by molar-refractivity contribution is -0.137. The molecule has 0 aliphatic rings. The number of aliphatic carboxylic acids is 1. The van der Waals surface area contributed by atoms with Crippen LogP contribution in [0.3, 0.4) is 0 Å². The molecule has 0 heterocycles. The van der Waals surface area contributed by atoms with Gasteiger partial charge in [0, 0.05) is 26.6 Å². The minimum absolute atomic E-state index is 0.0705. The van der Waals surface area contributed by atoms with Crippen LogP contribution in [0.5, 0.6) is 0 Å². The summed E-state index contributed by atoms with van der Waals surface area (Å²) < 4.78 is 0. The van der Waals surface area contributed by atoms with Crippen molar-refractivity contribution in [2.75, 3.05) is 20.1 Å². The standard InChI is InChI=1S/C13H25N3O4/c1-5-16(4)12(19)10(3)15-13(20)14-8-9(2)6-7-11(17)18/h9-10H,5-8H2,1-4H3,(H,17,18)(H2,14,15,20). The van der Waals surface area contributed by atoms with Crippen molar-refractivity contribution in [2.45, 2.75) is 39.7 Å². The first-order valence-corrected chi connectivity index (χ1v) is 6.79. The highest BCUT2D eigenvalue weighted by Gasteiger charge is 2.18. The minimum atomic E-state index is -0.844. The Bertz CT molecular complexity index is 347. The molecule has 0 spiro atoms. The Labute approximate surface area is 119 Å². The van der Waals surface area contributed by atoms with Gasteiger partial charge in [-0.05, 0) is 26.2 Å². The van der Waals surface area contributed by atoms with Crippen LogP contribution in [-0.2, 0) is 9.59 Å². The van der Waals surface area contributed by atoms with Crippen molar-refractivity contribution in [1.82, 2.24) is 15.5 Å². The van der Waals surface area contributed by atoms with Gasteiger partial charge >= 0.3 is 12.0 Å². The van der Waals surface area contributed by atoms with Gasteiger partial charge in [0.15, 0.2) is 0 Å². The first kappa shape index (κ1) is 18.2. The third-order valence-corrected chi connectivity index (χ3v) is 3.03. The Hall–Kier alpha value is -1.79. The van der Waals surface area contributed by atoms with E-state index in [-0.39, 0.29) is 18.2 Å². The Kier molecular flexibility index (Phi) is 8.35. The van der Waals surface area contributed by atoms with E-state index in [0.717, 1.165) is 0 Å². The van der Waals surface area contributed by atoms with E-state index in [1.165, 1.54) is 4.90 Å². The summed E-state index contributed by atoms with van der Waals surface area (Å²) in [4.78, 5) is 35.3. The Morgan fingerprint density at radius 1 is 1.25 bits per heavy atom. The molecule has 0 saturated heterocycles. The summed E-state index contributed by atoms with van der Waals surface area (Å²) in [5, 5.41) is 13.7. The van der Waals surface area contributed by atoms with Gasteiger partial charge in [-0.15, -0.1) is 0 Å². The number of hydrogen-bond donors (Lipinski definition) is 3. The summed E-state index contributed by atoms with van der Waals surface area (Å²) in [5.74, 6) is -0.925. The number of likely N-dealkylation sites (N-methyl/N-ethyl adjacent to an activating group) is 1. The van der Waals surface area contributed by atoms with Crippen molar-refractivity contribution >= 4 is 17.9 Å². The SMILES string of the molecule is CCN(C)C(=O)C(C)NC(=O)NCC(C)CCC(=O)O. The molecule has 2 unspecified atom stereocenters. The van der Waals surface area contributed by atoms with Gasteiger partial charge in [0.05, 0.1) is 0 Å². The van der Waals surface area contributed by atoms with Crippen LogP contribution in [0.2, 0.25) is 0 Å². The van der Waals surface area contributed by atoms with Gasteiger partial charge in [0.1, 0.15) is 6.04 Å². The molecule has 0 aliphatic heterocycles. The van der Waals surface area contributed by atoms with E-state index >= 15 is 0 Å². The second kappa shape index (κ2) is 9.17. The lowest BCUT2D eigenvalue weighted by Crippen LogP contribution is -2.49. The Morgan fingerprint density at radius 3 is 2.35 bits per heavy atom. The molecule has 20 heavy (non-hydrogen) atoms. The number of carbonyl (C=O) groups excluding carboxylic acids is 2. The molecular formula is C13H25N3O4. The molecule has 0 saturated carbocycles. The van der Waals surface area contributed by atoms with Gasteiger partial charge in [0.2, 0.25) is 5.91 Å². The molecular weight excluding hydrogens is 262 g/mol. The average Bonchev–Trinajstić information content (AvgIpc) is 2.40. The monoisotopic (exact) mass is 287 g/mol. The number of urea groups is 1. The number of carboxylic acids is 1. The molecule has 0 bridgehead atoms. The minimum Gasteiger partial charge on any atom is -0.481 e. The first-order chi connectivity index (χ1) is 9.27. The van der Waals surface area contributed by atoms with E-state index < -0.39 is 18.0 Å². The molecule has 116 valence electrons. The van der Waals surface area contributed by atoms with Crippen LogP contribution in [0, 0.1) is 5.92 Å². The predicted molar refractivity (Wildman–Crippen MR) is 75.3 cm³/mol. The fourth-order valence-electron chi connectivity index (χ4n) is 1.53. The van der Waals surface area contributed by atoms with E-state index in [1.54, 1.807) is 14.0 Å². The van der Waals surface area contributed by atoms with Crippen LogP contribution in [0.1, 0.15) is 33.6 Å². The Balaban J connectivity index is 3.99. The number of nitrogens with zero attached hydrogens (tertiary/aromatic N) is 1. The van der Waals surface area contributed by atoms with E-state index in [4.69, 9.17) is 5.11 Å². The average molecular weight is 287 g/mol. The molecule has 0 fully saturated rings. The largest absolute Gasteiger partial charge is 0.481 e. The quantitative estimate of drug-likeness (QED) is 0.610. The van der Waals surface area contributed by atoms with Crippen molar-refractivity contribution in [2.24, 2.45) is 5.92 Å². The molecule has 3 N–H and O–H groups in total. The molecule has 0 aromatic heterocycles. The number of rotatable bonds is 8. The van der Waals surface area contributed by atoms with Gasteiger partial charge in [-0.3, -0.25) is 9.59 Å². The van der Waals surface area contributed by atoms with Crippen LogP contribution in [0.25, 0.3) is 0 Å². The topological polar surface area (TPSA) is 98.7 Å². The molecule has 3 amide bonds.